The largest absolute Gasteiger partial charge is 0.375 e. The zero-order valence-corrected chi connectivity index (χ0v) is 15.8. The maximum Gasteiger partial charge on any atom is 0.193 e. The van der Waals surface area contributed by atoms with E-state index in [1.54, 1.807) is 26.3 Å². The van der Waals surface area contributed by atoms with Crippen molar-refractivity contribution in [3.05, 3.63) is 60.0 Å². The van der Waals surface area contributed by atoms with E-state index in [4.69, 9.17) is 4.74 Å². The topological polar surface area (TPSA) is 53.0 Å². The minimum atomic E-state index is -0.247. The Morgan fingerprint density at radius 2 is 1.93 bits per heavy atom. The molecule has 1 aromatic heterocycles. The summed E-state index contributed by atoms with van der Waals surface area (Å²) in [4.78, 5) is 13.3. The molecule has 0 bridgehead atoms. The van der Waals surface area contributed by atoms with Crippen LogP contribution in [0.25, 0.3) is 0 Å². The molecular weight excluding hydrogens is 345 g/mol. The molecule has 2 aromatic rings. The number of ether oxygens (including phenoxy) is 1. The number of halogens is 1. The van der Waals surface area contributed by atoms with Crippen molar-refractivity contribution in [3.63, 3.8) is 0 Å². The maximum atomic E-state index is 13.1. The first-order chi connectivity index (χ1) is 13.2. The highest BCUT2D eigenvalue weighted by Gasteiger charge is 2.21. The minimum Gasteiger partial charge on any atom is -0.375 e. The van der Waals surface area contributed by atoms with E-state index in [2.05, 4.69) is 25.1 Å². The van der Waals surface area contributed by atoms with Gasteiger partial charge in [-0.1, -0.05) is 18.2 Å². The Kier molecular flexibility index (Phi) is 6.59. The van der Waals surface area contributed by atoms with Gasteiger partial charge in [0.25, 0.3) is 0 Å². The monoisotopic (exact) mass is 371 g/mol. The highest BCUT2D eigenvalue weighted by Crippen LogP contribution is 2.17. The van der Waals surface area contributed by atoms with Gasteiger partial charge in [-0.05, 0) is 29.8 Å². The van der Waals surface area contributed by atoms with Gasteiger partial charge in [-0.2, -0.15) is 0 Å². The molecule has 6 nitrogen and oxygen atoms in total. The van der Waals surface area contributed by atoms with Crippen LogP contribution in [0.2, 0.25) is 0 Å². The average molecular weight is 371 g/mol. The number of pyridine rings is 1. The van der Waals surface area contributed by atoms with Crippen LogP contribution in [0.3, 0.4) is 0 Å². The van der Waals surface area contributed by atoms with Gasteiger partial charge >= 0.3 is 0 Å². The number of hydrogen-bond acceptors (Lipinski definition) is 4. The van der Waals surface area contributed by atoms with Gasteiger partial charge in [0.05, 0.1) is 6.10 Å². The van der Waals surface area contributed by atoms with E-state index in [-0.39, 0.29) is 11.9 Å². The predicted molar refractivity (Wildman–Crippen MR) is 106 cm³/mol. The molecule has 27 heavy (non-hydrogen) atoms. The molecule has 0 spiro atoms. The third-order valence-corrected chi connectivity index (χ3v) is 4.74. The van der Waals surface area contributed by atoms with Gasteiger partial charge in [-0.15, -0.1) is 0 Å². The van der Waals surface area contributed by atoms with Crippen LogP contribution in [0, 0.1) is 5.82 Å². The highest BCUT2D eigenvalue weighted by atomic mass is 19.1. The van der Waals surface area contributed by atoms with Crippen LogP contribution in [0.4, 0.5) is 10.2 Å². The molecule has 1 aliphatic rings. The fourth-order valence-corrected chi connectivity index (χ4v) is 3.22. The number of benzene rings is 1. The van der Waals surface area contributed by atoms with Gasteiger partial charge in [-0.3, -0.25) is 4.99 Å². The van der Waals surface area contributed by atoms with Crippen LogP contribution in [0.1, 0.15) is 11.7 Å². The van der Waals surface area contributed by atoms with E-state index in [1.165, 1.54) is 12.1 Å². The predicted octanol–water partition coefficient (Wildman–Crippen LogP) is 2.31. The summed E-state index contributed by atoms with van der Waals surface area (Å²) in [6.07, 6.45) is 1.65. The molecule has 1 N–H and O–H groups in total. The molecule has 1 fully saturated rings. The lowest BCUT2D eigenvalue weighted by molar-refractivity contribution is 0.105. The highest BCUT2D eigenvalue weighted by molar-refractivity contribution is 5.80. The van der Waals surface area contributed by atoms with Crippen LogP contribution in [-0.4, -0.2) is 62.7 Å². The quantitative estimate of drug-likeness (QED) is 0.646. The van der Waals surface area contributed by atoms with Crippen molar-refractivity contribution in [2.24, 2.45) is 4.99 Å². The zero-order chi connectivity index (χ0) is 19.1. The number of guanidine groups is 1. The van der Waals surface area contributed by atoms with Crippen molar-refractivity contribution in [1.82, 2.24) is 15.2 Å². The second-order valence-corrected chi connectivity index (χ2v) is 6.37. The number of rotatable bonds is 5. The normalized spacial score (nSPS) is 16.3. The number of piperazine rings is 1. The van der Waals surface area contributed by atoms with Crippen LogP contribution in [0.15, 0.2) is 53.7 Å². The summed E-state index contributed by atoms with van der Waals surface area (Å²) in [5.41, 5.74) is 0.932. The van der Waals surface area contributed by atoms with E-state index in [0.717, 1.165) is 43.5 Å². The molecule has 1 saturated heterocycles. The third-order valence-electron chi connectivity index (χ3n) is 4.74. The van der Waals surface area contributed by atoms with Crippen LogP contribution < -0.4 is 10.2 Å². The Labute approximate surface area is 159 Å². The van der Waals surface area contributed by atoms with E-state index < -0.39 is 0 Å². The summed E-state index contributed by atoms with van der Waals surface area (Å²) in [5.74, 6) is 1.61. The smallest absolute Gasteiger partial charge is 0.193 e. The molecular formula is C20H26FN5O. The molecule has 0 aliphatic carbocycles. The Morgan fingerprint density at radius 1 is 1.19 bits per heavy atom. The number of methoxy groups -OCH3 is 1. The first-order valence-electron chi connectivity index (χ1n) is 9.11. The van der Waals surface area contributed by atoms with Gasteiger partial charge < -0.3 is 19.9 Å². The fourth-order valence-electron chi connectivity index (χ4n) is 3.22. The fraction of sp³-hybridized carbons (Fsp3) is 0.400. The van der Waals surface area contributed by atoms with E-state index in [1.807, 2.05) is 24.4 Å². The van der Waals surface area contributed by atoms with Crippen LogP contribution in [0.5, 0.6) is 0 Å². The molecule has 144 valence electrons. The molecule has 0 amide bonds. The van der Waals surface area contributed by atoms with Crippen molar-refractivity contribution in [3.8, 4) is 0 Å². The number of hydrogen-bond donors (Lipinski definition) is 1. The summed E-state index contributed by atoms with van der Waals surface area (Å²) in [6, 6.07) is 12.4. The van der Waals surface area contributed by atoms with Crippen LogP contribution >= 0.6 is 0 Å². The van der Waals surface area contributed by atoms with Gasteiger partial charge in [0.1, 0.15) is 11.6 Å². The number of nitrogens with zero attached hydrogens (tertiary/aromatic N) is 4. The lowest BCUT2D eigenvalue weighted by Gasteiger charge is -2.37. The van der Waals surface area contributed by atoms with Crippen LogP contribution in [-0.2, 0) is 4.74 Å². The number of anilines is 1. The SMILES string of the molecule is CN=C(NCC(OC)c1ccc(F)cc1)N1CCN(c2ccccn2)CC1. The second kappa shape index (κ2) is 9.32. The van der Waals surface area contributed by atoms with Crippen molar-refractivity contribution in [2.75, 3.05) is 51.8 Å². The van der Waals surface area contributed by atoms with Crippen molar-refractivity contribution >= 4 is 11.8 Å². The summed E-state index contributed by atoms with van der Waals surface area (Å²) < 4.78 is 18.7. The Bertz CT molecular complexity index is 730. The first-order valence-corrected chi connectivity index (χ1v) is 9.11. The molecule has 1 atom stereocenters. The van der Waals surface area contributed by atoms with Crippen molar-refractivity contribution < 1.29 is 9.13 Å². The molecule has 1 unspecified atom stereocenters. The van der Waals surface area contributed by atoms with Gasteiger partial charge in [0, 0.05) is 53.1 Å². The Morgan fingerprint density at radius 3 is 2.52 bits per heavy atom. The van der Waals surface area contributed by atoms with E-state index in [0.29, 0.717) is 6.54 Å². The molecule has 7 heteroatoms. The Hall–Kier alpha value is -2.67. The summed E-state index contributed by atoms with van der Waals surface area (Å²) >= 11 is 0. The van der Waals surface area contributed by atoms with Crippen molar-refractivity contribution in [2.45, 2.75) is 6.10 Å². The maximum absolute atomic E-state index is 13.1. The van der Waals surface area contributed by atoms with Gasteiger partial charge in [0.2, 0.25) is 0 Å². The Balaban J connectivity index is 1.54. The van der Waals surface area contributed by atoms with Gasteiger partial charge in [0.15, 0.2) is 5.96 Å². The second-order valence-electron chi connectivity index (χ2n) is 6.37. The molecule has 0 saturated carbocycles. The van der Waals surface area contributed by atoms with Crippen molar-refractivity contribution in [1.29, 1.82) is 0 Å². The summed E-state index contributed by atoms with van der Waals surface area (Å²) in [5, 5.41) is 3.38. The molecule has 0 radical (unpaired) electrons. The minimum absolute atomic E-state index is 0.169. The standard InChI is InChI=1S/C20H26FN5O/c1-22-20(24-15-18(27-2)16-6-8-17(21)9-7-16)26-13-11-25(12-14-26)19-5-3-4-10-23-19/h3-10,18H,11-15H2,1-2H3,(H,22,24). The summed E-state index contributed by atoms with van der Waals surface area (Å²) in [7, 11) is 3.44. The molecule has 2 heterocycles. The molecule has 1 aromatic carbocycles. The number of aromatic nitrogens is 1. The molecule has 1 aliphatic heterocycles. The third kappa shape index (κ3) is 4.95. The molecule has 3 rings (SSSR count). The number of nitrogens with one attached hydrogen (secondary N) is 1. The van der Waals surface area contributed by atoms with E-state index >= 15 is 0 Å². The lowest BCUT2D eigenvalue weighted by atomic mass is 10.1. The van der Waals surface area contributed by atoms with Gasteiger partial charge in [-0.25, -0.2) is 9.37 Å². The average Bonchev–Trinajstić information content (AvgIpc) is 2.73. The number of aliphatic imine (C=N–C) groups is 1. The zero-order valence-electron chi connectivity index (χ0n) is 15.8. The van der Waals surface area contributed by atoms with E-state index in [9.17, 15) is 4.39 Å². The lowest BCUT2D eigenvalue weighted by Crippen LogP contribution is -2.53. The summed E-state index contributed by atoms with van der Waals surface area (Å²) in [6.45, 7) is 4.08. The first kappa shape index (κ1) is 19.1.